The molecular weight excluding hydrogens is 492 g/mol. The molecule has 0 bridgehead atoms. The van der Waals surface area contributed by atoms with E-state index in [1.165, 1.54) is 0 Å². The second-order valence-electron chi connectivity index (χ2n) is 11.6. The Morgan fingerprint density at radius 2 is 1.95 bits per heavy atom. The molecule has 38 heavy (non-hydrogen) atoms. The highest BCUT2D eigenvalue weighted by Crippen LogP contribution is 2.37. The fourth-order valence-corrected chi connectivity index (χ4v) is 5.94. The minimum absolute atomic E-state index is 0.0865. The number of nitrogens with one attached hydrogen (secondary N) is 1. The number of fused-ring (bicyclic) bond motifs is 1. The third kappa shape index (κ3) is 6.84. The predicted molar refractivity (Wildman–Crippen MR) is 136 cm³/mol. The standard InChI is InChI=1S/C27H44N4O7/c1-5-6-7-8-22(33)36-24-17(2)15-31(19(24)13-28)21(32)14-29-18-9-11-30(12-10-18)16-20-23(34)25-26(35-20)38-27(3,4)37-25/h17-20,23-26,29,34H,5-12,14-16H2,1-4H3/t17?,19-,20-,23+,24?,25-,26-/m1/s1. The topological polar surface area (TPSA) is 134 Å². The van der Waals surface area contributed by atoms with E-state index in [0.717, 1.165) is 45.2 Å². The fourth-order valence-electron chi connectivity index (χ4n) is 5.94. The highest BCUT2D eigenvalue weighted by molar-refractivity contribution is 5.79. The van der Waals surface area contributed by atoms with Gasteiger partial charge in [0.2, 0.25) is 5.91 Å². The van der Waals surface area contributed by atoms with Gasteiger partial charge >= 0.3 is 5.97 Å². The molecule has 4 rings (SSSR count). The molecule has 4 aliphatic heterocycles. The molecular formula is C27H44N4O7. The number of amides is 1. The molecule has 1 amide bonds. The van der Waals surface area contributed by atoms with Crippen molar-refractivity contribution >= 4 is 11.9 Å². The summed E-state index contributed by atoms with van der Waals surface area (Å²) in [6.07, 6.45) is 2.14. The molecule has 0 radical (unpaired) electrons. The lowest BCUT2D eigenvalue weighted by Crippen LogP contribution is -2.50. The molecule has 0 spiro atoms. The van der Waals surface area contributed by atoms with Crippen molar-refractivity contribution in [3.63, 3.8) is 0 Å². The van der Waals surface area contributed by atoms with Gasteiger partial charge in [0.25, 0.3) is 0 Å². The number of hydrogen-bond acceptors (Lipinski definition) is 10. The first-order valence-electron chi connectivity index (χ1n) is 14.1. The number of likely N-dealkylation sites (tertiary alicyclic amines) is 2. The van der Waals surface area contributed by atoms with Gasteiger partial charge in [-0.05, 0) is 46.2 Å². The third-order valence-corrected chi connectivity index (χ3v) is 8.08. The van der Waals surface area contributed by atoms with Gasteiger partial charge in [0, 0.05) is 31.5 Å². The molecule has 11 nitrogen and oxygen atoms in total. The van der Waals surface area contributed by atoms with Crippen LogP contribution in [0, 0.1) is 17.2 Å². The second-order valence-corrected chi connectivity index (χ2v) is 11.6. The molecule has 11 heteroatoms. The normalized spacial score (nSPS) is 35.3. The molecule has 214 valence electrons. The minimum atomic E-state index is -0.757. The van der Waals surface area contributed by atoms with Crippen molar-refractivity contribution < 1.29 is 33.6 Å². The highest BCUT2D eigenvalue weighted by Gasteiger charge is 2.54. The van der Waals surface area contributed by atoms with Crippen molar-refractivity contribution in [1.82, 2.24) is 15.1 Å². The number of esters is 1. The number of nitrogens with zero attached hydrogens (tertiary/aromatic N) is 3. The van der Waals surface area contributed by atoms with Crippen LogP contribution in [0.3, 0.4) is 0 Å². The van der Waals surface area contributed by atoms with Crippen LogP contribution in [0.25, 0.3) is 0 Å². The maximum Gasteiger partial charge on any atom is 0.306 e. The Labute approximate surface area is 225 Å². The number of ether oxygens (including phenoxy) is 4. The van der Waals surface area contributed by atoms with Crippen molar-refractivity contribution in [1.29, 1.82) is 5.26 Å². The lowest BCUT2D eigenvalue weighted by molar-refractivity contribution is -0.216. The molecule has 2 N–H and O–H groups in total. The number of carbonyl (C=O) groups excluding carboxylic acids is 2. The van der Waals surface area contributed by atoms with Crippen LogP contribution in [0.1, 0.15) is 66.2 Å². The number of rotatable bonds is 10. The van der Waals surface area contributed by atoms with Crippen LogP contribution >= 0.6 is 0 Å². The van der Waals surface area contributed by atoms with Crippen LogP contribution in [0.4, 0.5) is 0 Å². The Balaban J connectivity index is 1.17. The van der Waals surface area contributed by atoms with Gasteiger partial charge in [-0.15, -0.1) is 0 Å². The Hall–Kier alpha value is -1.81. The molecule has 4 saturated heterocycles. The van der Waals surface area contributed by atoms with Crippen LogP contribution in [0.5, 0.6) is 0 Å². The molecule has 4 aliphatic rings. The Kier molecular flexibility index (Phi) is 9.66. The fraction of sp³-hybridized carbons (Fsp3) is 0.889. The van der Waals surface area contributed by atoms with E-state index in [1.807, 2.05) is 20.8 Å². The summed E-state index contributed by atoms with van der Waals surface area (Å²) < 4.78 is 23.1. The summed E-state index contributed by atoms with van der Waals surface area (Å²) in [5, 5.41) is 23.7. The largest absolute Gasteiger partial charge is 0.459 e. The number of nitriles is 1. The van der Waals surface area contributed by atoms with Gasteiger partial charge in [-0.25, -0.2) is 0 Å². The van der Waals surface area contributed by atoms with Crippen LogP contribution in [0.2, 0.25) is 0 Å². The van der Waals surface area contributed by atoms with E-state index in [4.69, 9.17) is 18.9 Å². The molecule has 0 aromatic heterocycles. The number of aliphatic hydroxyl groups is 1. The Morgan fingerprint density at radius 1 is 1.21 bits per heavy atom. The summed E-state index contributed by atoms with van der Waals surface area (Å²) in [5.74, 6) is -1.27. The zero-order valence-corrected chi connectivity index (χ0v) is 23.1. The molecule has 0 aromatic carbocycles. The predicted octanol–water partition coefficient (Wildman–Crippen LogP) is 1.14. The highest BCUT2D eigenvalue weighted by atomic mass is 16.8. The van der Waals surface area contributed by atoms with Gasteiger partial charge in [-0.1, -0.05) is 26.7 Å². The Bertz CT molecular complexity index is 872. The molecule has 4 fully saturated rings. The van der Waals surface area contributed by atoms with Crippen LogP contribution in [-0.2, 0) is 28.5 Å². The van der Waals surface area contributed by atoms with Gasteiger partial charge in [0.05, 0.1) is 12.6 Å². The number of carbonyl (C=O) groups is 2. The summed E-state index contributed by atoms with van der Waals surface area (Å²) in [6.45, 7) is 10.4. The molecule has 0 aromatic rings. The summed E-state index contributed by atoms with van der Waals surface area (Å²) in [7, 11) is 0. The third-order valence-electron chi connectivity index (χ3n) is 8.08. The second kappa shape index (κ2) is 12.6. The maximum absolute atomic E-state index is 13.0. The molecule has 2 unspecified atom stereocenters. The van der Waals surface area contributed by atoms with Crippen LogP contribution in [-0.4, -0.2) is 108 Å². The lowest BCUT2D eigenvalue weighted by Gasteiger charge is -2.35. The average Bonchev–Trinajstić information content (AvgIpc) is 3.46. The smallest absolute Gasteiger partial charge is 0.306 e. The van der Waals surface area contributed by atoms with E-state index < -0.39 is 36.4 Å². The maximum atomic E-state index is 13.0. The lowest BCUT2D eigenvalue weighted by atomic mass is 10.0. The molecule has 0 saturated carbocycles. The minimum Gasteiger partial charge on any atom is -0.459 e. The van der Waals surface area contributed by atoms with E-state index in [9.17, 15) is 20.0 Å². The van der Waals surface area contributed by atoms with E-state index >= 15 is 0 Å². The van der Waals surface area contributed by atoms with E-state index in [0.29, 0.717) is 19.5 Å². The Morgan fingerprint density at radius 3 is 2.61 bits per heavy atom. The first-order valence-corrected chi connectivity index (χ1v) is 14.1. The summed E-state index contributed by atoms with van der Waals surface area (Å²) in [6, 6.07) is 1.62. The number of piperidine rings is 1. The van der Waals surface area contributed by atoms with Gasteiger partial charge in [-0.2, -0.15) is 5.26 Å². The molecule has 4 heterocycles. The van der Waals surface area contributed by atoms with Gasteiger partial charge in [0.1, 0.15) is 24.4 Å². The van der Waals surface area contributed by atoms with Crippen molar-refractivity contribution in [2.24, 2.45) is 5.92 Å². The number of hydrogen-bond donors (Lipinski definition) is 2. The summed E-state index contributed by atoms with van der Waals surface area (Å²) in [5.41, 5.74) is 0. The zero-order chi connectivity index (χ0) is 27.4. The zero-order valence-electron chi connectivity index (χ0n) is 23.1. The van der Waals surface area contributed by atoms with E-state index in [1.54, 1.807) is 4.90 Å². The van der Waals surface area contributed by atoms with Crippen molar-refractivity contribution in [3.8, 4) is 6.07 Å². The van der Waals surface area contributed by atoms with Crippen LogP contribution < -0.4 is 5.32 Å². The van der Waals surface area contributed by atoms with Gasteiger partial charge < -0.3 is 39.2 Å². The van der Waals surface area contributed by atoms with E-state index in [2.05, 4.69) is 23.2 Å². The number of aliphatic hydroxyl groups excluding tert-OH is 1. The summed E-state index contributed by atoms with van der Waals surface area (Å²) >= 11 is 0. The van der Waals surface area contributed by atoms with Gasteiger partial charge in [-0.3, -0.25) is 9.59 Å². The SMILES string of the molecule is CCCCCC(=O)OC1C(C)CN(C(=O)CNC2CCN(C[C@H]3O[C@@H]4OC(C)(C)O[C@@H]4[C@H]3O)CC2)[C@@H]1C#N. The first-order chi connectivity index (χ1) is 18.1. The first kappa shape index (κ1) is 29.2. The monoisotopic (exact) mass is 536 g/mol. The quantitative estimate of drug-likeness (QED) is 0.309. The molecule has 0 aliphatic carbocycles. The van der Waals surface area contributed by atoms with Crippen LogP contribution in [0.15, 0.2) is 0 Å². The van der Waals surface area contributed by atoms with E-state index in [-0.39, 0.29) is 36.5 Å². The van der Waals surface area contributed by atoms with Gasteiger partial charge in [0.15, 0.2) is 18.1 Å². The summed E-state index contributed by atoms with van der Waals surface area (Å²) in [4.78, 5) is 29.1. The van der Waals surface area contributed by atoms with Crippen molar-refractivity contribution in [2.75, 3.05) is 32.7 Å². The van der Waals surface area contributed by atoms with Crippen molar-refractivity contribution in [2.45, 2.75) is 115 Å². The average molecular weight is 537 g/mol. The molecule has 7 atom stereocenters. The van der Waals surface area contributed by atoms with Crippen molar-refractivity contribution in [3.05, 3.63) is 0 Å². The number of unbranched alkanes of at least 4 members (excludes halogenated alkanes) is 2.